The predicted molar refractivity (Wildman–Crippen MR) is 86.7 cm³/mol. The van der Waals surface area contributed by atoms with Crippen LogP contribution in [0.5, 0.6) is 0 Å². The van der Waals surface area contributed by atoms with Gasteiger partial charge in [-0.25, -0.2) is 0 Å². The van der Waals surface area contributed by atoms with Gasteiger partial charge >= 0.3 is 0 Å². The van der Waals surface area contributed by atoms with Crippen LogP contribution in [0, 0.1) is 10.1 Å². The number of nitrogens with one attached hydrogen (secondary N) is 1. The number of amides is 1. The van der Waals surface area contributed by atoms with Gasteiger partial charge in [-0.15, -0.1) is 12.4 Å². The maximum atomic E-state index is 12.6. The molecule has 2 atom stereocenters. The van der Waals surface area contributed by atoms with Gasteiger partial charge < -0.3 is 15.0 Å². The zero-order valence-corrected chi connectivity index (χ0v) is 13.7. The Morgan fingerprint density at radius 3 is 2.91 bits per heavy atom. The van der Waals surface area contributed by atoms with E-state index in [4.69, 9.17) is 4.74 Å². The van der Waals surface area contributed by atoms with Crippen LogP contribution < -0.4 is 5.32 Å². The highest BCUT2D eigenvalue weighted by atomic mass is 35.5. The highest BCUT2D eigenvalue weighted by molar-refractivity contribution is 5.85. The first-order chi connectivity index (χ1) is 10.6. The number of hydrogen-bond donors (Lipinski definition) is 1. The van der Waals surface area contributed by atoms with Crippen LogP contribution in [0.2, 0.25) is 0 Å². The van der Waals surface area contributed by atoms with E-state index in [9.17, 15) is 14.9 Å². The SMILES string of the molecule is C[C@H]1OCCN[C@@H]1C(=O)N1CCc2ccc([N+](=O)[O-])cc2C1.Cl. The van der Waals surface area contributed by atoms with Gasteiger partial charge in [-0.05, 0) is 24.5 Å². The van der Waals surface area contributed by atoms with Crippen LogP contribution in [0.4, 0.5) is 5.69 Å². The normalized spacial score (nSPS) is 23.6. The van der Waals surface area contributed by atoms with Crippen LogP contribution in [0.3, 0.4) is 0 Å². The molecule has 1 aromatic rings. The summed E-state index contributed by atoms with van der Waals surface area (Å²) in [5.74, 6) is 0.00403. The largest absolute Gasteiger partial charge is 0.375 e. The molecule has 2 heterocycles. The number of morpholine rings is 1. The molecule has 1 fully saturated rings. The quantitative estimate of drug-likeness (QED) is 0.647. The predicted octanol–water partition coefficient (Wildman–Crippen LogP) is 1.28. The van der Waals surface area contributed by atoms with Crippen molar-refractivity contribution in [2.24, 2.45) is 0 Å². The van der Waals surface area contributed by atoms with Gasteiger partial charge in [-0.1, -0.05) is 6.07 Å². The summed E-state index contributed by atoms with van der Waals surface area (Å²) in [6.45, 7) is 4.21. The van der Waals surface area contributed by atoms with Gasteiger partial charge in [-0.2, -0.15) is 0 Å². The monoisotopic (exact) mass is 341 g/mol. The summed E-state index contributed by atoms with van der Waals surface area (Å²) in [6, 6.07) is 4.55. The Labute approximate surface area is 140 Å². The number of hydrogen-bond acceptors (Lipinski definition) is 5. The highest BCUT2D eigenvalue weighted by Crippen LogP contribution is 2.24. The summed E-state index contributed by atoms with van der Waals surface area (Å²) in [7, 11) is 0. The van der Waals surface area contributed by atoms with Gasteiger partial charge in [0.15, 0.2) is 0 Å². The van der Waals surface area contributed by atoms with Crippen LogP contribution in [0.25, 0.3) is 0 Å². The molecule has 0 unspecified atom stereocenters. The number of fused-ring (bicyclic) bond motifs is 1. The molecule has 0 aliphatic carbocycles. The van der Waals surface area contributed by atoms with E-state index in [0.29, 0.717) is 26.2 Å². The number of nitro groups is 1. The molecule has 0 bridgehead atoms. The van der Waals surface area contributed by atoms with Gasteiger partial charge in [0.05, 0.1) is 17.6 Å². The Balaban J connectivity index is 0.00000192. The number of carbonyl (C=O) groups excluding carboxylic acids is 1. The molecule has 0 radical (unpaired) electrons. The zero-order chi connectivity index (χ0) is 15.7. The molecule has 1 amide bonds. The Morgan fingerprint density at radius 2 is 2.22 bits per heavy atom. The highest BCUT2D eigenvalue weighted by Gasteiger charge is 2.33. The number of nitrogens with zero attached hydrogens (tertiary/aromatic N) is 2. The van der Waals surface area contributed by atoms with Gasteiger partial charge in [0.2, 0.25) is 5.91 Å². The first-order valence-corrected chi connectivity index (χ1v) is 7.46. The number of ether oxygens (including phenoxy) is 1. The van der Waals surface area contributed by atoms with Crippen LogP contribution in [0.15, 0.2) is 18.2 Å². The van der Waals surface area contributed by atoms with E-state index in [1.54, 1.807) is 17.0 Å². The Bertz CT molecular complexity index is 610. The van der Waals surface area contributed by atoms with E-state index in [-0.39, 0.29) is 36.1 Å². The second-order valence-corrected chi connectivity index (χ2v) is 5.73. The minimum Gasteiger partial charge on any atom is -0.375 e. The molecule has 2 aliphatic heterocycles. The fourth-order valence-electron chi connectivity index (χ4n) is 3.05. The van der Waals surface area contributed by atoms with E-state index in [1.165, 1.54) is 6.07 Å². The molecule has 7 nitrogen and oxygen atoms in total. The van der Waals surface area contributed by atoms with Crippen LogP contribution >= 0.6 is 12.4 Å². The summed E-state index contributed by atoms with van der Waals surface area (Å²) < 4.78 is 5.52. The molecular formula is C15H20ClN3O4. The van der Waals surface area contributed by atoms with Crippen molar-refractivity contribution in [2.45, 2.75) is 32.0 Å². The molecule has 0 aromatic heterocycles. The van der Waals surface area contributed by atoms with Crippen molar-refractivity contribution in [3.05, 3.63) is 39.4 Å². The summed E-state index contributed by atoms with van der Waals surface area (Å²) in [6.07, 6.45) is 0.564. The smallest absolute Gasteiger partial charge is 0.269 e. The van der Waals surface area contributed by atoms with Crippen molar-refractivity contribution in [2.75, 3.05) is 19.7 Å². The molecular weight excluding hydrogens is 322 g/mol. The van der Waals surface area contributed by atoms with E-state index >= 15 is 0 Å². The third kappa shape index (κ3) is 3.63. The number of halogens is 1. The van der Waals surface area contributed by atoms with E-state index < -0.39 is 4.92 Å². The van der Waals surface area contributed by atoms with Gasteiger partial charge in [0.1, 0.15) is 6.04 Å². The van der Waals surface area contributed by atoms with Crippen LogP contribution in [-0.2, 0) is 22.5 Å². The lowest BCUT2D eigenvalue weighted by Gasteiger charge is -2.36. The standard InChI is InChI=1S/C15H19N3O4.ClH/c1-10-14(16-5-7-22-10)15(19)17-6-4-11-2-3-13(18(20)21)8-12(11)9-17;/h2-3,8,10,14,16H,4-7,9H2,1H3;1H/t10-,14+;/m1./s1. The molecule has 1 saturated heterocycles. The number of non-ortho nitro benzene ring substituents is 1. The lowest BCUT2D eigenvalue weighted by atomic mass is 9.98. The van der Waals surface area contributed by atoms with Gasteiger partial charge in [0.25, 0.3) is 5.69 Å². The van der Waals surface area contributed by atoms with E-state index in [2.05, 4.69) is 5.32 Å². The average Bonchev–Trinajstić information content (AvgIpc) is 2.53. The van der Waals surface area contributed by atoms with E-state index in [0.717, 1.165) is 17.5 Å². The lowest BCUT2D eigenvalue weighted by molar-refractivity contribution is -0.385. The molecule has 2 aliphatic rings. The number of carbonyl (C=O) groups is 1. The van der Waals surface area contributed by atoms with E-state index in [1.807, 2.05) is 6.92 Å². The van der Waals surface area contributed by atoms with Crippen molar-refractivity contribution < 1.29 is 14.5 Å². The third-order valence-electron chi connectivity index (χ3n) is 4.31. The Morgan fingerprint density at radius 1 is 1.43 bits per heavy atom. The number of nitro benzene ring substituents is 1. The fraction of sp³-hybridized carbons (Fsp3) is 0.533. The van der Waals surface area contributed by atoms with Crippen molar-refractivity contribution >= 4 is 24.0 Å². The number of benzene rings is 1. The van der Waals surface area contributed by atoms with Crippen LogP contribution in [-0.4, -0.2) is 47.6 Å². The number of rotatable bonds is 2. The summed E-state index contributed by atoms with van der Waals surface area (Å²) in [4.78, 5) is 24.9. The van der Waals surface area contributed by atoms with Crippen molar-refractivity contribution in [1.29, 1.82) is 0 Å². The second-order valence-electron chi connectivity index (χ2n) is 5.73. The maximum Gasteiger partial charge on any atom is 0.269 e. The lowest BCUT2D eigenvalue weighted by Crippen LogP contribution is -2.57. The molecule has 1 aromatic carbocycles. The molecule has 0 spiro atoms. The second kappa shape index (κ2) is 7.25. The fourth-order valence-corrected chi connectivity index (χ4v) is 3.05. The topological polar surface area (TPSA) is 84.7 Å². The zero-order valence-electron chi connectivity index (χ0n) is 12.9. The van der Waals surface area contributed by atoms with Gasteiger partial charge in [-0.3, -0.25) is 14.9 Å². The van der Waals surface area contributed by atoms with Crippen molar-refractivity contribution in [3.8, 4) is 0 Å². The maximum absolute atomic E-state index is 12.6. The first kappa shape index (κ1) is 17.7. The Kier molecular flexibility index (Phi) is 5.56. The minimum absolute atomic E-state index is 0. The summed E-state index contributed by atoms with van der Waals surface area (Å²) >= 11 is 0. The van der Waals surface area contributed by atoms with Crippen molar-refractivity contribution in [1.82, 2.24) is 10.2 Å². The molecule has 3 rings (SSSR count). The molecule has 23 heavy (non-hydrogen) atoms. The molecule has 126 valence electrons. The first-order valence-electron chi connectivity index (χ1n) is 7.46. The average molecular weight is 342 g/mol. The summed E-state index contributed by atoms with van der Waals surface area (Å²) in [5.41, 5.74) is 2.01. The minimum atomic E-state index is -0.403. The van der Waals surface area contributed by atoms with Gasteiger partial charge in [0, 0.05) is 31.8 Å². The molecule has 8 heteroatoms. The van der Waals surface area contributed by atoms with Crippen molar-refractivity contribution in [3.63, 3.8) is 0 Å². The molecule has 1 N–H and O–H groups in total. The Hall–Kier alpha value is -1.70. The van der Waals surface area contributed by atoms with Crippen LogP contribution in [0.1, 0.15) is 18.1 Å². The third-order valence-corrected chi connectivity index (χ3v) is 4.31. The summed E-state index contributed by atoms with van der Waals surface area (Å²) in [5, 5.41) is 14.1. The molecule has 0 saturated carbocycles.